The summed E-state index contributed by atoms with van der Waals surface area (Å²) >= 11 is 0. The lowest BCUT2D eigenvalue weighted by Crippen LogP contribution is -2.30. The Bertz CT molecular complexity index is 2050. The summed E-state index contributed by atoms with van der Waals surface area (Å²) in [5.41, 5.74) is 0. The van der Waals surface area contributed by atoms with Crippen LogP contribution in [0.25, 0.3) is 0 Å². The fourth-order valence-electron chi connectivity index (χ4n) is 9.31. The molecule has 0 saturated heterocycles. The van der Waals surface area contributed by atoms with E-state index in [1.165, 1.54) is 83.5 Å². The first-order chi connectivity index (χ1) is 44.2. The maximum Gasteiger partial charge on any atom is 0.472 e. The van der Waals surface area contributed by atoms with E-state index >= 15 is 0 Å². The second-order valence-corrected chi connectivity index (χ2v) is 26.6. The third-order valence-electron chi connectivity index (χ3n) is 14.8. The standard InChI is InChI=1S/C73H128O16P2/c1-4-7-10-13-16-19-22-24-26-27-28-29-30-31-32-33-34-35-36-37-38-39-41-43-45-47-50-53-56-59-71(76)83-62-68(74)63-85-90(79,80)86-64-69(75)65-87-91(81,82)88-67-70(89-73(78)61-58-55-52-49-44-21-18-15-12-9-6-3)66-84-72(77)60-57-54-51-48-46-42-40-25-23-20-17-14-11-8-5-2/h7,10,15-16,18-19,24-26,28-29,31-32,34-35,40,68-70,74-75H,4-6,8-9,11-14,17,20-23,27,30,33,36-39,41-67H2,1-3H3,(H,79,80)(H,81,82)/b10-7-,18-15-,19-16-,26-24-,29-28-,32-31-,35-34-,40-25-. The number of unbranched alkanes of at least 4 members (excludes halogenated alkanes) is 28. The van der Waals surface area contributed by atoms with Crippen LogP contribution in [0.1, 0.15) is 290 Å². The molecule has 0 saturated carbocycles. The Morgan fingerprint density at radius 3 is 0.967 bits per heavy atom. The van der Waals surface area contributed by atoms with Gasteiger partial charge >= 0.3 is 33.6 Å². The second-order valence-electron chi connectivity index (χ2n) is 23.6. The lowest BCUT2D eigenvalue weighted by molar-refractivity contribution is -0.161. The number of aliphatic hydroxyl groups is 2. The summed E-state index contributed by atoms with van der Waals surface area (Å²) in [5.74, 6) is -1.59. The van der Waals surface area contributed by atoms with E-state index in [1.807, 2.05) is 0 Å². The third kappa shape index (κ3) is 67.7. The van der Waals surface area contributed by atoms with Crippen molar-refractivity contribution in [3.8, 4) is 0 Å². The Balaban J connectivity index is 4.43. The number of hydrogen-bond donors (Lipinski definition) is 4. The summed E-state index contributed by atoms with van der Waals surface area (Å²) in [5, 5.41) is 20.5. The largest absolute Gasteiger partial charge is 0.472 e. The topological polar surface area (TPSA) is 231 Å². The quantitative estimate of drug-likeness (QED) is 0.0146. The van der Waals surface area contributed by atoms with Gasteiger partial charge in [-0.05, 0) is 116 Å². The van der Waals surface area contributed by atoms with Gasteiger partial charge in [-0.25, -0.2) is 9.13 Å². The van der Waals surface area contributed by atoms with Gasteiger partial charge < -0.3 is 34.2 Å². The Kier molecular flexibility index (Phi) is 63.9. The molecule has 0 spiro atoms. The molecular weight excluding hydrogens is 1190 g/mol. The number of hydrogen-bond acceptors (Lipinski definition) is 14. The average molecular weight is 1320 g/mol. The zero-order chi connectivity index (χ0) is 66.7. The number of aliphatic hydroxyl groups excluding tert-OH is 2. The molecule has 0 aromatic rings. The normalized spacial score (nSPS) is 14.8. The molecule has 16 nitrogen and oxygen atoms in total. The van der Waals surface area contributed by atoms with Crippen LogP contribution in [-0.4, -0.2) is 95.9 Å². The summed E-state index contributed by atoms with van der Waals surface area (Å²) in [4.78, 5) is 58.3. The van der Waals surface area contributed by atoms with Crippen LogP contribution in [-0.2, 0) is 55.8 Å². The minimum atomic E-state index is -4.92. The lowest BCUT2D eigenvalue weighted by atomic mass is 10.1. The number of allylic oxidation sites excluding steroid dienone is 16. The molecule has 5 unspecified atom stereocenters. The van der Waals surface area contributed by atoms with Gasteiger partial charge in [0.2, 0.25) is 0 Å². The molecule has 4 N–H and O–H groups in total. The Hall–Kier alpha value is -3.53. The third-order valence-corrected chi connectivity index (χ3v) is 16.7. The first-order valence-corrected chi connectivity index (χ1v) is 38.5. The van der Waals surface area contributed by atoms with Crippen LogP contribution < -0.4 is 0 Å². The van der Waals surface area contributed by atoms with Crippen molar-refractivity contribution in [3.05, 3.63) is 97.2 Å². The van der Waals surface area contributed by atoms with Gasteiger partial charge in [0.15, 0.2) is 6.10 Å². The summed E-state index contributed by atoms with van der Waals surface area (Å²) in [6.07, 6.45) is 73.3. The number of phosphoric acid groups is 2. The molecular formula is C73H128O16P2. The van der Waals surface area contributed by atoms with Gasteiger partial charge in [0, 0.05) is 19.3 Å². The molecule has 5 atom stereocenters. The maximum atomic E-state index is 12.9. The molecule has 0 aromatic carbocycles. The van der Waals surface area contributed by atoms with Gasteiger partial charge in [0.25, 0.3) is 0 Å². The number of carbonyl (C=O) groups is 3. The van der Waals surface area contributed by atoms with Gasteiger partial charge in [-0.3, -0.25) is 32.5 Å². The number of rotatable bonds is 67. The predicted octanol–water partition coefficient (Wildman–Crippen LogP) is 19.9. The molecule has 0 aliphatic rings. The second kappa shape index (κ2) is 66.5. The van der Waals surface area contributed by atoms with Crippen LogP contribution >= 0.6 is 15.6 Å². The van der Waals surface area contributed by atoms with Crippen LogP contribution in [0.4, 0.5) is 0 Å². The van der Waals surface area contributed by atoms with Crippen LogP contribution in [0.2, 0.25) is 0 Å². The first-order valence-electron chi connectivity index (χ1n) is 35.5. The van der Waals surface area contributed by atoms with E-state index in [0.29, 0.717) is 19.3 Å². The van der Waals surface area contributed by atoms with Crippen molar-refractivity contribution in [1.82, 2.24) is 0 Å². The molecule has 0 fully saturated rings. The molecule has 18 heteroatoms. The van der Waals surface area contributed by atoms with Gasteiger partial charge in [-0.15, -0.1) is 0 Å². The van der Waals surface area contributed by atoms with Gasteiger partial charge in [-0.2, -0.15) is 0 Å². The minimum absolute atomic E-state index is 0.0937. The maximum absolute atomic E-state index is 12.9. The van der Waals surface area contributed by atoms with Crippen molar-refractivity contribution in [1.29, 1.82) is 0 Å². The van der Waals surface area contributed by atoms with E-state index in [2.05, 4.69) is 118 Å². The summed E-state index contributed by atoms with van der Waals surface area (Å²) < 4.78 is 60.8. The molecule has 526 valence electrons. The number of carbonyl (C=O) groups excluding carboxylic acids is 3. The average Bonchev–Trinajstić information content (AvgIpc) is 3.72. The van der Waals surface area contributed by atoms with Crippen molar-refractivity contribution in [3.63, 3.8) is 0 Å². The van der Waals surface area contributed by atoms with Crippen molar-refractivity contribution in [2.75, 3.05) is 39.6 Å². The van der Waals surface area contributed by atoms with Crippen LogP contribution in [0, 0.1) is 0 Å². The van der Waals surface area contributed by atoms with E-state index in [1.54, 1.807) is 0 Å². The monoisotopic (exact) mass is 1320 g/mol. The number of esters is 3. The Morgan fingerprint density at radius 1 is 0.319 bits per heavy atom. The molecule has 0 aliphatic carbocycles. The highest BCUT2D eigenvalue weighted by atomic mass is 31.2. The minimum Gasteiger partial charge on any atom is -0.463 e. The fraction of sp³-hybridized carbons (Fsp3) is 0.740. The summed E-state index contributed by atoms with van der Waals surface area (Å²) in [6, 6.07) is 0. The molecule has 91 heavy (non-hydrogen) atoms. The summed E-state index contributed by atoms with van der Waals surface area (Å²) in [6.45, 7) is 2.49. The van der Waals surface area contributed by atoms with Gasteiger partial charge in [0.1, 0.15) is 25.4 Å². The smallest absolute Gasteiger partial charge is 0.463 e. The SMILES string of the molecule is CC/C=C\C/C=C\C/C=C\C/C=C\C/C=C\C/C=C\CCCCCCCCCCCCC(=O)OCC(O)COP(=O)(O)OCC(O)COP(=O)(O)OCC(COC(=O)CCCCCCC/C=C\CCCCCCCC)OC(=O)CCCCCCC/C=C\CCCC. The van der Waals surface area contributed by atoms with Crippen molar-refractivity contribution >= 4 is 33.6 Å². The molecule has 0 bridgehead atoms. The predicted molar refractivity (Wildman–Crippen MR) is 371 cm³/mol. The van der Waals surface area contributed by atoms with E-state index in [0.717, 1.165) is 148 Å². The van der Waals surface area contributed by atoms with Crippen molar-refractivity contribution < 1.29 is 75.8 Å². The molecule has 0 aliphatic heterocycles. The molecule has 0 heterocycles. The van der Waals surface area contributed by atoms with Crippen molar-refractivity contribution in [2.45, 2.75) is 309 Å². The van der Waals surface area contributed by atoms with Crippen LogP contribution in [0.15, 0.2) is 97.2 Å². The molecule has 0 amide bonds. The first kappa shape index (κ1) is 87.5. The fourth-order valence-corrected chi connectivity index (χ4v) is 10.9. The molecule has 0 rings (SSSR count). The van der Waals surface area contributed by atoms with Gasteiger partial charge in [0.05, 0.1) is 26.4 Å². The highest BCUT2D eigenvalue weighted by Crippen LogP contribution is 2.45. The van der Waals surface area contributed by atoms with E-state index in [9.17, 15) is 43.5 Å². The number of ether oxygens (including phenoxy) is 3. The van der Waals surface area contributed by atoms with Gasteiger partial charge in [-0.1, -0.05) is 253 Å². The molecule has 0 radical (unpaired) electrons. The lowest BCUT2D eigenvalue weighted by Gasteiger charge is -2.21. The van der Waals surface area contributed by atoms with Crippen LogP contribution in [0.5, 0.6) is 0 Å². The number of phosphoric ester groups is 2. The van der Waals surface area contributed by atoms with E-state index < -0.39 is 91.5 Å². The Morgan fingerprint density at radius 2 is 0.593 bits per heavy atom. The van der Waals surface area contributed by atoms with E-state index in [4.69, 9.17) is 32.3 Å². The van der Waals surface area contributed by atoms with Crippen LogP contribution in [0.3, 0.4) is 0 Å². The highest BCUT2D eigenvalue weighted by Gasteiger charge is 2.29. The zero-order valence-electron chi connectivity index (χ0n) is 57.0. The Labute approximate surface area is 552 Å². The zero-order valence-corrected chi connectivity index (χ0v) is 58.8. The van der Waals surface area contributed by atoms with Crippen molar-refractivity contribution in [2.24, 2.45) is 0 Å². The summed E-state index contributed by atoms with van der Waals surface area (Å²) in [7, 11) is -9.77. The molecule has 0 aromatic heterocycles. The van der Waals surface area contributed by atoms with E-state index in [-0.39, 0.29) is 19.3 Å². The highest BCUT2D eigenvalue weighted by molar-refractivity contribution is 7.47.